The predicted molar refractivity (Wildman–Crippen MR) is 208 cm³/mol. The zero-order chi connectivity index (χ0) is 36.3. The van der Waals surface area contributed by atoms with E-state index in [9.17, 15) is 14.4 Å². The maximum atomic E-state index is 14.6. The standard InChI is InChI=1S/C42H48N6O3S/c1-43-35(26-29-14-6-2-7-15-29)39(49)47-38-33(24-25-44-42(52)45-28-30-16-8-3-9-17-30)27-34-22-23-36(48(34)41(38)51)40(50)46-37(31-18-10-4-11-19-31)32-20-12-5-13-21-32/h2-21,33-38,43H,22-28H2,1H3,(H,46,50)(H,47,49)(H2,44,45,52)/t33-,34?,35+,36-,38-/m0/s1. The lowest BCUT2D eigenvalue weighted by atomic mass is 9.83. The summed E-state index contributed by atoms with van der Waals surface area (Å²) in [6, 6.07) is 37.2. The summed E-state index contributed by atoms with van der Waals surface area (Å²) in [7, 11) is 1.76. The second kappa shape index (κ2) is 17.9. The summed E-state index contributed by atoms with van der Waals surface area (Å²) in [4.78, 5) is 44.3. The van der Waals surface area contributed by atoms with Crippen molar-refractivity contribution in [3.05, 3.63) is 144 Å². The third-order valence-electron chi connectivity index (χ3n) is 10.3. The minimum Gasteiger partial charge on any atom is -0.363 e. The molecule has 2 aliphatic heterocycles. The first-order valence-electron chi connectivity index (χ1n) is 18.2. The molecule has 2 heterocycles. The van der Waals surface area contributed by atoms with Gasteiger partial charge >= 0.3 is 0 Å². The smallest absolute Gasteiger partial charge is 0.246 e. The Kier molecular flexibility index (Phi) is 12.7. The Bertz CT molecular complexity index is 1740. The average molecular weight is 717 g/mol. The van der Waals surface area contributed by atoms with E-state index in [1.165, 1.54) is 0 Å². The van der Waals surface area contributed by atoms with Gasteiger partial charge in [-0.1, -0.05) is 121 Å². The summed E-state index contributed by atoms with van der Waals surface area (Å²) in [5, 5.41) is 16.6. The number of hydrogen-bond acceptors (Lipinski definition) is 5. The van der Waals surface area contributed by atoms with Crippen molar-refractivity contribution >= 4 is 35.1 Å². The quantitative estimate of drug-likeness (QED) is 0.121. The van der Waals surface area contributed by atoms with Crippen LogP contribution in [0.5, 0.6) is 0 Å². The van der Waals surface area contributed by atoms with E-state index in [1.807, 2.05) is 121 Å². The van der Waals surface area contributed by atoms with Crippen LogP contribution in [-0.4, -0.2) is 65.5 Å². The van der Waals surface area contributed by atoms with E-state index in [0.717, 1.165) is 28.7 Å². The molecule has 2 aliphatic rings. The van der Waals surface area contributed by atoms with E-state index in [0.29, 0.717) is 43.9 Å². The van der Waals surface area contributed by atoms with Crippen molar-refractivity contribution in [1.82, 2.24) is 31.5 Å². The Morgan fingerprint density at radius 1 is 0.788 bits per heavy atom. The molecule has 5 N–H and O–H groups in total. The fourth-order valence-corrected chi connectivity index (χ4v) is 7.72. The number of nitrogens with zero attached hydrogens (tertiary/aromatic N) is 1. The molecule has 2 fully saturated rings. The van der Waals surface area contributed by atoms with Crippen molar-refractivity contribution in [1.29, 1.82) is 0 Å². The lowest BCUT2D eigenvalue weighted by molar-refractivity contribution is -0.149. The van der Waals surface area contributed by atoms with Gasteiger partial charge in [-0.2, -0.15) is 0 Å². The van der Waals surface area contributed by atoms with E-state index >= 15 is 0 Å². The molecule has 270 valence electrons. The Morgan fingerprint density at radius 3 is 1.96 bits per heavy atom. The van der Waals surface area contributed by atoms with Crippen molar-refractivity contribution < 1.29 is 14.4 Å². The zero-order valence-corrected chi connectivity index (χ0v) is 30.4. The van der Waals surface area contributed by atoms with Crippen LogP contribution in [0.3, 0.4) is 0 Å². The van der Waals surface area contributed by atoms with Crippen LogP contribution in [-0.2, 0) is 27.3 Å². The highest BCUT2D eigenvalue weighted by Gasteiger charge is 2.50. The third kappa shape index (κ3) is 9.23. The Balaban J connectivity index is 1.17. The largest absolute Gasteiger partial charge is 0.363 e. The van der Waals surface area contributed by atoms with Crippen molar-refractivity contribution in [3.8, 4) is 0 Å². The first kappa shape index (κ1) is 36.7. The monoisotopic (exact) mass is 716 g/mol. The molecule has 4 aromatic carbocycles. The first-order chi connectivity index (χ1) is 25.4. The third-order valence-corrected chi connectivity index (χ3v) is 10.6. The van der Waals surface area contributed by atoms with Crippen LogP contribution in [0.4, 0.5) is 0 Å². The number of hydrogen-bond donors (Lipinski definition) is 5. The highest BCUT2D eigenvalue weighted by atomic mass is 32.1. The second-order valence-corrected chi connectivity index (χ2v) is 14.1. The fraction of sp³-hybridized carbons (Fsp3) is 0.333. The topological polar surface area (TPSA) is 115 Å². The molecule has 0 spiro atoms. The summed E-state index contributed by atoms with van der Waals surface area (Å²) in [5.41, 5.74) is 4.08. The lowest BCUT2D eigenvalue weighted by Gasteiger charge is -2.43. The van der Waals surface area contributed by atoms with Gasteiger partial charge in [-0.05, 0) is 79.5 Å². The summed E-state index contributed by atoms with van der Waals surface area (Å²) in [6.07, 6.45) is 3.06. The van der Waals surface area contributed by atoms with Crippen LogP contribution in [0.15, 0.2) is 121 Å². The summed E-state index contributed by atoms with van der Waals surface area (Å²) in [6.45, 7) is 1.15. The number of carbonyl (C=O) groups is 3. The number of carbonyl (C=O) groups excluding carboxylic acids is 3. The fourth-order valence-electron chi connectivity index (χ4n) is 7.55. The van der Waals surface area contributed by atoms with Gasteiger partial charge in [-0.15, -0.1) is 0 Å². The van der Waals surface area contributed by atoms with E-state index in [4.69, 9.17) is 12.2 Å². The Morgan fingerprint density at radius 2 is 1.37 bits per heavy atom. The second-order valence-electron chi connectivity index (χ2n) is 13.7. The number of piperidine rings is 1. The van der Waals surface area contributed by atoms with E-state index in [1.54, 1.807) is 11.9 Å². The van der Waals surface area contributed by atoms with Crippen LogP contribution in [0.2, 0.25) is 0 Å². The van der Waals surface area contributed by atoms with Crippen LogP contribution in [0.25, 0.3) is 0 Å². The lowest BCUT2D eigenvalue weighted by Crippen LogP contribution is -2.63. The van der Waals surface area contributed by atoms with Crippen LogP contribution >= 0.6 is 12.2 Å². The van der Waals surface area contributed by atoms with Gasteiger partial charge in [0.2, 0.25) is 17.7 Å². The maximum absolute atomic E-state index is 14.6. The van der Waals surface area contributed by atoms with Crippen molar-refractivity contribution in [2.75, 3.05) is 13.6 Å². The number of thiocarbonyl (C=S) groups is 1. The molecule has 1 unspecified atom stereocenters. The Hall–Kier alpha value is -5.06. The zero-order valence-electron chi connectivity index (χ0n) is 29.5. The van der Waals surface area contributed by atoms with Crippen LogP contribution in [0, 0.1) is 5.92 Å². The number of fused-ring (bicyclic) bond motifs is 1. The summed E-state index contributed by atoms with van der Waals surface area (Å²) >= 11 is 5.56. The molecule has 4 aromatic rings. The van der Waals surface area contributed by atoms with Gasteiger partial charge in [0.15, 0.2) is 5.11 Å². The van der Waals surface area contributed by atoms with E-state index in [2.05, 4.69) is 26.6 Å². The van der Waals surface area contributed by atoms with Gasteiger partial charge in [0, 0.05) is 19.1 Å². The summed E-state index contributed by atoms with van der Waals surface area (Å²) < 4.78 is 0. The normalized spacial score (nSPS) is 20.1. The minimum atomic E-state index is -0.782. The maximum Gasteiger partial charge on any atom is 0.246 e. The van der Waals surface area contributed by atoms with Crippen LogP contribution < -0.4 is 26.6 Å². The van der Waals surface area contributed by atoms with Crippen molar-refractivity contribution in [3.63, 3.8) is 0 Å². The minimum absolute atomic E-state index is 0.0964. The predicted octanol–water partition coefficient (Wildman–Crippen LogP) is 4.64. The van der Waals surface area contributed by atoms with E-state index < -0.39 is 18.1 Å². The first-order valence-corrected chi connectivity index (χ1v) is 18.6. The molecular weight excluding hydrogens is 669 g/mol. The van der Waals surface area contributed by atoms with Gasteiger partial charge in [0.05, 0.1) is 12.1 Å². The molecular formula is C42H48N6O3S. The molecule has 0 aliphatic carbocycles. The molecule has 6 rings (SSSR count). The van der Waals surface area contributed by atoms with Gasteiger partial charge in [0.25, 0.3) is 0 Å². The van der Waals surface area contributed by atoms with Crippen molar-refractivity contribution in [2.45, 2.75) is 68.9 Å². The van der Waals surface area contributed by atoms with Crippen molar-refractivity contribution in [2.24, 2.45) is 5.92 Å². The average Bonchev–Trinajstić information content (AvgIpc) is 3.62. The molecule has 9 nitrogen and oxygen atoms in total. The number of likely N-dealkylation sites (N-methyl/N-ethyl adjacent to an activating group) is 1. The SMILES string of the molecule is CN[C@H](Cc1ccccc1)C(=O)N[C@@H]1C(=O)N2C(CC[C@H]2C(=O)NC(c2ccccc2)c2ccccc2)C[C@@H]1CCNC(=S)NCc1ccccc1. The number of amides is 3. The molecule has 0 saturated carbocycles. The molecule has 0 aromatic heterocycles. The molecule has 52 heavy (non-hydrogen) atoms. The molecule has 3 amide bonds. The van der Waals surface area contributed by atoms with Gasteiger partial charge < -0.3 is 31.5 Å². The molecule has 2 saturated heterocycles. The number of benzene rings is 4. The Labute approximate surface area is 312 Å². The van der Waals surface area contributed by atoms with Gasteiger partial charge in [-0.3, -0.25) is 14.4 Å². The summed E-state index contributed by atoms with van der Waals surface area (Å²) in [5.74, 6) is -0.775. The number of nitrogens with one attached hydrogen (secondary N) is 5. The van der Waals surface area contributed by atoms with Crippen LogP contribution in [0.1, 0.15) is 54.0 Å². The highest BCUT2D eigenvalue weighted by Crippen LogP contribution is 2.37. The highest BCUT2D eigenvalue weighted by molar-refractivity contribution is 7.80. The molecule has 10 heteroatoms. The molecule has 0 bridgehead atoms. The van der Waals surface area contributed by atoms with Gasteiger partial charge in [0.1, 0.15) is 12.1 Å². The van der Waals surface area contributed by atoms with E-state index in [-0.39, 0.29) is 35.7 Å². The van der Waals surface area contributed by atoms with Gasteiger partial charge in [-0.25, -0.2) is 0 Å². The number of rotatable bonds is 14. The molecule has 0 radical (unpaired) electrons. The molecule has 5 atom stereocenters.